The number of halogens is 2. The molecule has 0 aliphatic carbocycles. The van der Waals surface area contributed by atoms with Crippen molar-refractivity contribution in [1.29, 1.82) is 0 Å². The zero-order chi connectivity index (χ0) is 16.8. The third kappa shape index (κ3) is 5.01. The largest absolute Gasteiger partial charge is 0.467 e. The molecule has 0 fully saturated rings. The summed E-state index contributed by atoms with van der Waals surface area (Å²) in [6.07, 6.45) is 1.67. The highest BCUT2D eigenvalue weighted by molar-refractivity contribution is 6.39. The lowest BCUT2D eigenvalue weighted by Gasteiger charge is -2.19. The van der Waals surface area contributed by atoms with Gasteiger partial charge in [0.05, 0.1) is 28.5 Å². The molecular formula is C16H16Cl2N2O3. The van der Waals surface area contributed by atoms with E-state index in [1.807, 2.05) is 0 Å². The Morgan fingerprint density at radius 1 is 1.17 bits per heavy atom. The van der Waals surface area contributed by atoms with Crippen molar-refractivity contribution in [2.45, 2.75) is 19.9 Å². The van der Waals surface area contributed by atoms with Gasteiger partial charge in [-0.05, 0) is 24.3 Å². The van der Waals surface area contributed by atoms with Gasteiger partial charge in [-0.1, -0.05) is 29.3 Å². The molecule has 0 atom stereocenters. The molecule has 1 aromatic heterocycles. The van der Waals surface area contributed by atoms with Gasteiger partial charge in [-0.15, -0.1) is 0 Å². The number of rotatable bonds is 6. The molecule has 0 radical (unpaired) electrons. The van der Waals surface area contributed by atoms with Crippen molar-refractivity contribution in [1.82, 2.24) is 4.90 Å². The SMILES string of the molecule is CC(=O)N(CCC(=O)Nc1c(Cl)cccc1Cl)Cc1ccco1. The predicted molar refractivity (Wildman–Crippen MR) is 89.5 cm³/mol. The molecule has 0 spiro atoms. The highest BCUT2D eigenvalue weighted by atomic mass is 35.5. The Labute approximate surface area is 144 Å². The number of hydrogen-bond acceptors (Lipinski definition) is 3. The number of amides is 2. The van der Waals surface area contributed by atoms with E-state index in [9.17, 15) is 9.59 Å². The van der Waals surface area contributed by atoms with Crippen molar-refractivity contribution in [2.24, 2.45) is 0 Å². The van der Waals surface area contributed by atoms with Crippen LogP contribution in [0.2, 0.25) is 10.0 Å². The molecule has 1 aromatic carbocycles. The zero-order valence-electron chi connectivity index (χ0n) is 12.5. The topological polar surface area (TPSA) is 62.6 Å². The van der Waals surface area contributed by atoms with E-state index >= 15 is 0 Å². The van der Waals surface area contributed by atoms with Crippen LogP contribution in [0.5, 0.6) is 0 Å². The summed E-state index contributed by atoms with van der Waals surface area (Å²) in [7, 11) is 0. The van der Waals surface area contributed by atoms with Crippen LogP contribution in [0.15, 0.2) is 41.0 Å². The van der Waals surface area contributed by atoms with E-state index in [0.29, 0.717) is 28.0 Å². The maximum atomic E-state index is 12.1. The van der Waals surface area contributed by atoms with Crippen molar-refractivity contribution < 1.29 is 14.0 Å². The van der Waals surface area contributed by atoms with Crippen molar-refractivity contribution in [3.05, 3.63) is 52.4 Å². The third-order valence-electron chi connectivity index (χ3n) is 3.21. The van der Waals surface area contributed by atoms with Gasteiger partial charge in [0.2, 0.25) is 11.8 Å². The Morgan fingerprint density at radius 2 is 1.87 bits per heavy atom. The van der Waals surface area contributed by atoms with Gasteiger partial charge in [-0.25, -0.2) is 0 Å². The van der Waals surface area contributed by atoms with Gasteiger partial charge in [-0.2, -0.15) is 0 Å². The zero-order valence-corrected chi connectivity index (χ0v) is 14.0. The minimum Gasteiger partial charge on any atom is -0.467 e. The molecule has 7 heteroatoms. The number of hydrogen-bond donors (Lipinski definition) is 1. The number of benzene rings is 1. The van der Waals surface area contributed by atoms with Crippen molar-refractivity contribution in [3.63, 3.8) is 0 Å². The van der Waals surface area contributed by atoms with Crippen LogP contribution < -0.4 is 5.32 Å². The summed E-state index contributed by atoms with van der Waals surface area (Å²) in [5.41, 5.74) is 0.376. The fraction of sp³-hybridized carbons (Fsp3) is 0.250. The van der Waals surface area contributed by atoms with E-state index in [-0.39, 0.29) is 24.8 Å². The third-order valence-corrected chi connectivity index (χ3v) is 3.84. The number of nitrogens with one attached hydrogen (secondary N) is 1. The molecule has 0 unspecified atom stereocenters. The van der Waals surface area contributed by atoms with E-state index in [1.165, 1.54) is 11.8 Å². The van der Waals surface area contributed by atoms with Gasteiger partial charge in [0, 0.05) is 19.9 Å². The first kappa shape index (κ1) is 17.4. The van der Waals surface area contributed by atoms with E-state index in [0.717, 1.165) is 0 Å². The van der Waals surface area contributed by atoms with Crippen LogP contribution in [0, 0.1) is 0 Å². The smallest absolute Gasteiger partial charge is 0.226 e. The molecule has 2 amide bonds. The lowest BCUT2D eigenvalue weighted by Crippen LogP contribution is -2.31. The monoisotopic (exact) mass is 354 g/mol. The Balaban J connectivity index is 1.92. The molecule has 0 saturated heterocycles. The Kier molecular flexibility index (Phi) is 6.07. The number of anilines is 1. The van der Waals surface area contributed by atoms with E-state index in [4.69, 9.17) is 27.6 Å². The quantitative estimate of drug-likeness (QED) is 0.853. The second-order valence-electron chi connectivity index (χ2n) is 4.91. The van der Waals surface area contributed by atoms with Crippen LogP contribution in [0.1, 0.15) is 19.1 Å². The summed E-state index contributed by atoms with van der Waals surface area (Å²) >= 11 is 12.0. The number of carbonyl (C=O) groups excluding carboxylic acids is 2. The average molecular weight is 355 g/mol. The summed E-state index contributed by atoms with van der Waals surface area (Å²) < 4.78 is 5.22. The van der Waals surface area contributed by atoms with Gasteiger partial charge >= 0.3 is 0 Å². The lowest BCUT2D eigenvalue weighted by atomic mass is 10.3. The van der Waals surface area contributed by atoms with Crippen LogP contribution in [0.3, 0.4) is 0 Å². The molecule has 0 bridgehead atoms. The summed E-state index contributed by atoms with van der Waals surface area (Å²) in [5.74, 6) is 0.255. The molecule has 0 aliphatic heterocycles. The molecule has 122 valence electrons. The first-order valence-electron chi connectivity index (χ1n) is 6.99. The van der Waals surface area contributed by atoms with Crippen molar-refractivity contribution in [2.75, 3.05) is 11.9 Å². The Hall–Kier alpha value is -1.98. The lowest BCUT2D eigenvalue weighted by molar-refractivity contribution is -0.130. The van der Waals surface area contributed by atoms with E-state index in [2.05, 4.69) is 5.32 Å². The van der Waals surface area contributed by atoms with Gasteiger partial charge in [0.1, 0.15) is 5.76 Å². The highest BCUT2D eigenvalue weighted by Gasteiger charge is 2.14. The predicted octanol–water partition coefficient (Wildman–Crippen LogP) is 3.96. The van der Waals surface area contributed by atoms with Crippen LogP contribution in [-0.2, 0) is 16.1 Å². The molecule has 1 N–H and O–H groups in total. The molecular weight excluding hydrogens is 339 g/mol. The summed E-state index contributed by atoms with van der Waals surface area (Å²) in [6.45, 7) is 2.04. The van der Waals surface area contributed by atoms with Gasteiger partial charge in [-0.3, -0.25) is 9.59 Å². The Bertz CT molecular complexity index is 666. The number of para-hydroxylation sites is 1. The van der Waals surface area contributed by atoms with Crippen LogP contribution in [-0.4, -0.2) is 23.3 Å². The van der Waals surface area contributed by atoms with E-state index in [1.54, 1.807) is 36.6 Å². The average Bonchev–Trinajstić information content (AvgIpc) is 3.00. The highest BCUT2D eigenvalue weighted by Crippen LogP contribution is 2.29. The summed E-state index contributed by atoms with van der Waals surface area (Å²) in [5, 5.41) is 3.40. The standard InChI is InChI=1S/C16H16Cl2N2O3/c1-11(21)20(10-12-4-3-9-23-12)8-7-15(22)19-16-13(17)5-2-6-14(16)18/h2-6,9H,7-8,10H2,1H3,(H,19,22). The molecule has 23 heavy (non-hydrogen) atoms. The van der Waals surface area contributed by atoms with Crippen molar-refractivity contribution >= 4 is 40.7 Å². The molecule has 1 heterocycles. The Morgan fingerprint density at radius 3 is 2.43 bits per heavy atom. The minimum absolute atomic E-state index is 0.127. The maximum absolute atomic E-state index is 12.1. The van der Waals surface area contributed by atoms with Gasteiger partial charge < -0.3 is 14.6 Å². The molecule has 2 rings (SSSR count). The van der Waals surface area contributed by atoms with Crippen LogP contribution >= 0.6 is 23.2 Å². The molecule has 0 aliphatic rings. The second kappa shape index (κ2) is 8.04. The second-order valence-corrected chi connectivity index (χ2v) is 5.73. The minimum atomic E-state index is -0.273. The molecule has 5 nitrogen and oxygen atoms in total. The fourth-order valence-electron chi connectivity index (χ4n) is 1.99. The molecule has 0 saturated carbocycles. The normalized spacial score (nSPS) is 10.4. The summed E-state index contributed by atoms with van der Waals surface area (Å²) in [4.78, 5) is 25.3. The van der Waals surface area contributed by atoms with Gasteiger partial charge in [0.15, 0.2) is 0 Å². The summed E-state index contributed by atoms with van der Waals surface area (Å²) in [6, 6.07) is 8.50. The van der Waals surface area contributed by atoms with Gasteiger partial charge in [0.25, 0.3) is 0 Å². The maximum Gasteiger partial charge on any atom is 0.226 e. The number of nitrogens with zero attached hydrogens (tertiary/aromatic N) is 1. The first-order chi connectivity index (χ1) is 11.0. The molecule has 2 aromatic rings. The van der Waals surface area contributed by atoms with Crippen molar-refractivity contribution in [3.8, 4) is 0 Å². The van der Waals surface area contributed by atoms with Crippen LogP contribution in [0.4, 0.5) is 5.69 Å². The fourth-order valence-corrected chi connectivity index (χ4v) is 2.49. The van der Waals surface area contributed by atoms with Crippen LogP contribution in [0.25, 0.3) is 0 Å². The first-order valence-corrected chi connectivity index (χ1v) is 7.74. The van der Waals surface area contributed by atoms with E-state index < -0.39 is 0 Å². The number of furan rings is 1. The number of carbonyl (C=O) groups is 2.